The molecular weight excluding hydrogens is 247 g/mol. The first-order valence-corrected chi connectivity index (χ1v) is 5.81. The Kier molecular flexibility index (Phi) is 3.55. The van der Waals surface area contributed by atoms with Gasteiger partial charge in [0.05, 0.1) is 19.3 Å². The minimum absolute atomic E-state index is 0.117. The van der Waals surface area contributed by atoms with E-state index in [0.29, 0.717) is 16.8 Å². The molecule has 0 atom stereocenters. The quantitative estimate of drug-likeness (QED) is 0.919. The molecule has 0 saturated heterocycles. The molecule has 0 amide bonds. The number of methoxy groups -OCH3 is 1. The number of pyridine rings is 1. The Balaban J connectivity index is 2.42. The van der Waals surface area contributed by atoms with Gasteiger partial charge in [0.15, 0.2) is 11.6 Å². The molecule has 2 N–H and O–H groups in total. The highest BCUT2D eigenvalue weighted by Crippen LogP contribution is 2.20. The molecule has 1 aromatic carbocycles. The van der Waals surface area contributed by atoms with E-state index in [-0.39, 0.29) is 17.9 Å². The van der Waals surface area contributed by atoms with Crippen molar-refractivity contribution in [1.82, 2.24) is 4.57 Å². The second-order valence-electron chi connectivity index (χ2n) is 4.31. The maximum atomic E-state index is 14.0. The molecule has 0 radical (unpaired) electrons. The number of nitrogen functional groups attached to an aromatic ring is 1. The number of aryl methyl sites for hydroxylation is 1. The third-order valence-corrected chi connectivity index (χ3v) is 2.98. The first-order valence-electron chi connectivity index (χ1n) is 5.81. The van der Waals surface area contributed by atoms with Crippen LogP contribution in [0.25, 0.3) is 0 Å². The van der Waals surface area contributed by atoms with Gasteiger partial charge in [-0.15, -0.1) is 0 Å². The smallest absolute Gasteiger partial charge is 0.251 e. The van der Waals surface area contributed by atoms with Gasteiger partial charge < -0.3 is 15.0 Å². The van der Waals surface area contributed by atoms with Gasteiger partial charge in [0, 0.05) is 17.8 Å². The lowest BCUT2D eigenvalue weighted by atomic mass is 10.2. The lowest BCUT2D eigenvalue weighted by molar-refractivity contribution is 0.383. The summed E-state index contributed by atoms with van der Waals surface area (Å²) < 4.78 is 20.3. The third kappa shape index (κ3) is 2.59. The maximum absolute atomic E-state index is 14.0. The molecular formula is C14H15FN2O2. The van der Waals surface area contributed by atoms with Gasteiger partial charge in [0.25, 0.3) is 5.56 Å². The Hall–Kier alpha value is -2.30. The molecule has 1 heterocycles. The van der Waals surface area contributed by atoms with E-state index in [1.165, 1.54) is 30.0 Å². The number of ether oxygens (including phenoxy) is 1. The lowest BCUT2D eigenvalue weighted by Crippen LogP contribution is -2.21. The summed E-state index contributed by atoms with van der Waals surface area (Å²) in [6.07, 6.45) is 1.52. The third-order valence-electron chi connectivity index (χ3n) is 2.98. The highest BCUT2D eigenvalue weighted by Gasteiger charge is 2.10. The fraction of sp³-hybridized carbons (Fsp3) is 0.214. The van der Waals surface area contributed by atoms with Crippen LogP contribution in [0.2, 0.25) is 0 Å². The number of benzene rings is 1. The Morgan fingerprint density at radius 1 is 1.42 bits per heavy atom. The van der Waals surface area contributed by atoms with Crippen LogP contribution < -0.4 is 16.0 Å². The van der Waals surface area contributed by atoms with Gasteiger partial charge in [-0.05, 0) is 18.6 Å². The first-order chi connectivity index (χ1) is 9.02. The van der Waals surface area contributed by atoms with Crippen molar-refractivity contribution in [2.24, 2.45) is 0 Å². The molecule has 2 rings (SSSR count). The molecule has 0 saturated carbocycles. The lowest BCUT2D eigenvalue weighted by Gasteiger charge is -2.10. The number of aromatic nitrogens is 1. The standard InChI is InChI=1S/C14H15FN2O2/c1-9-6-13(18)17(8-11(9)16)7-10-4-3-5-12(19-2)14(10)15/h3-6,8H,7,16H2,1-2H3. The molecule has 1 aromatic heterocycles. The summed E-state index contributed by atoms with van der Waals surface area (Å²) in [4.78, 5) is 11.8. The average molecular weight is 262 g/mol. The van der Waals surface area contributed by atoms with Crippen molar-refractivity contribution in [2.75, 3.05) is 12.8 Å². The number of hydrogen-bond donors (Lipinski definition) is 1. The summed E-state index contributed by atoms with van der Waals surface area (Å²) in [6, 6.07) is 6.26. The van der Waals surface area contributed by atoms with E-state index in [1.54, 1.807) is 19.1 Å². The predicted molar refractivity (Wildman–Crippen MR) is 71.9 cm³/mol. The second kappa shape index (κ2) is 5.14. The molecule has 19 heavy (non-hydrogen) atoms. The number of nitrogens with zero attached hydrogens (tertiary/aromatic N) is 1. The van der Waals surface area contributed by atoms with Crippen LogP contribution in [0.1, 0.15) is 11.1 Å². The van der Waals surface area contributed by atoms with E-state index < -0.39 is 5.82 Å². The van der Waals surface area contributed by atoms with Gasteiger partial charge in [-0.3, -0.25) is 4.79 Å². The van der Waals surface area contributed by atoms with Crippen LogP contribution in [-0.2, 0) is 6.54 Å². The van der Waals surface area contributed by atoms with Crippen molar-refractivity contribution in [3.05, 3.63) is 57.8 Å². The monoisotopic (exact) mass is 262 g/mol. The zero-order chi connectivity index (χ0) is 14.0. The highest BCUT2D eigenvalue weighted by molar-refractivity contribution is 5.43. The van der Waals surface area contributed by atoms with Crippen LogP contribution in [0.5, 0.6) is 5.75 Å². The number of halogens is 1. The molecule has 0 spiro atoms. The van der Waals surface area contributed by atoms with Crippen molar-refractivity contribution >= 4 is 5.69 Å². The molecule has 5 heteroatoms. The van der Waals surface area contributed by atoms with Crippen molar-refractivity contribution in [3.63, 3.8) is 0 Å². The van der Waals surface area contributed by atoms with E-state index >= 15 is 0 Å². The van der Waals surface area contributed by atoms with Gasteiger partial charge in [-0.25, -0.2) is 4.39 Å². The predicted octanol–water partition coefficient (Wildman–Crippen LogP) is 1.93. The summed E-state index contributed by atoms with van der Waals surface area (Å²) in [5.74, 6) is -0.304. The Bertz CT molecular complexity index is 665. The zero-order valence-corrected chi connectivity index (χ0v) is 10.8. The van der Waals surface area contributed by atoms with Crippen LogP contribution in [-0.4, -0.2) is 11.7 Å². The van der Waals surface area contributed by atoms with E-state index in [9.17, 15) is 9.18 Å². The van der Waals surface area contributed by atoms with Gasteiger partial charge >= 0.3 is 0 Å². The van der Waals surface area contributed by atoms with Gasteiger partial charge in [0.2, 0.25) is 0 Å². The van der Waals surface area contributed by atoms with Gasteiger partial charge in [-0.2, -0.15) is 0 Å². The van der Waals surface area contributed by atoms with Gasteiger partial charge in [-0.1, -0.05) is 12.1 Å². The summed E-state index contributed by atoms with van der Waals surface area (Å²) in [5.41, 5.74) is 7.14. The minimum Gasteiger partial charge on any atom is -0.494 e. The Labute approximate surface area is 110 Å². The molecule has 100 valence electrons. The maximum Gasteiger partial charge on any atom is 0.251 e. The van der Waals surface area contributed by atoms with Crippen molar-refractivity contribution < 1.29 is 9.13 Å². The van der Waals surface area contributed by atoms with Crippen LogP contribution >= 0.6 is 0 Å². The zero-order valence-electron chi connectivity index (χ0n) is 10.8. The summed E-state index contributed by atoms with van der Waals surface area (Å²) in [5, 5.41) is 0. The van der Waals surface area contributed by atoms with Crippen molar-refractivity contribution in [2.45, 2.75) is 13.5 Å². The first kappa shape index (κ1) is 13.1. The normalized spacial score (nSPS) is 10.5. The van der Waals surface area contributed by atoms with Crippen LogP contribution in [0, 0.1) is 12.7 Å². The summed E-state index contributed by atoms with van der Waals surface area (Å²) in [7, 11) is 1.40. The second-order valence-corrected chi connectivity index (χ2v) is 4.31. The van der Waals surface area contributed by atoms with Crippen LogP contribution in [0.4, 0.5) is 10.1 Å². The molecule has 4 nitrogen and oxygen atoms in total. The van der Waals surface area contributed by atoms with E-state index in [4.69, 9.17) is 10.5 Å². The fourth-order valence-electron chi connectivity index (χ4n) is 1.83. The van der Waals surface area contributed by atoms with E-state index in [2.05, 4.69) is 0 Å². The Morgan fingerprint density at radius 3 is 2.84 bits per heavy atom. The molecule has 0 unspecified atom stereocenters. The number of rotatable bonds is 3. The Morgan fingerprint density at radius 2 is 2.16 bits per heavy atom. The molecule has 2 aromatic rings. The van der Waals surface area contributed by atoms with Crippen molar-refractivity contribution in [1.29, 1.82) is 0 Å². The number of nitrogens with two attached hydrogens (primary N) is 1. The minimum atomic E-state index is -0.462. The van der Waals surface area contributed by atoms with E-state index in [0.717, 1.165) is 0 Å². The molecule has 0 aliphatic rings. The highest BCUT2D eigenvalue weighted by atomic mass is 19.1. The van der Waals surface area contributed by atoms with Crippen LogP contribution in [0.15, 0.2) is 35.3 Å². The van der Waals surface area contributed by atoms with Crippen molar-refractivity contribution in [3.8, 4) is 5.75 Å². The summed E-state index contributed by atoms with van der Waals surface area (Å²) >= 11 is 0. The van der Waals surface area contributed by atoms with Gasteiger partial charge in [0.1, 0.15) is 0 Å². The largest absolute Gasteiger partial charge is 0.494 e. The average Bonchev–Trinajstić information content (AvgIpc) is 2.38. The van der Waals surface area contributed by atoms with Crippen LogP contribution in [0.3, 0.4) is 0 Å². The molecule has 0 fully saturated rings. The molecule has 0 aliphatic heterocycles. The molecule has 0 bridgehead atoms. The SMILES string of the molecule is COc1cccc(Cn2cc(N)c(C)cc2=O)c1F. The summed E-state index contributed by atoms with van der Waals surface area (Å²) in [6.45, 7) is 1.87. The number of anilines is 1. The fourth-order valence-corrected chi connectivity index (χ4v) is 1.83. The number of hydrogen-bond acceptors (Lipinski definition) is 3. The topological polar surface area (TPSA) is 57.2 Å². The van der Waals surface area contributed by atoms with E-state index in [1.807, 2.05) is 0 Å². The molecule has 0 aliphatic carbocycles.